The van der Waals surface area contributed by atoms with E-state index in [1.807, 2.05) is 6.07 Å². The maximum absolute atomic E-state index is 6.23. The molecule has 0 aromatic carbocycles. The van der Waals surface area contributed by atoms with E-state index in [9.17, 15) is 0 Å². The fourth-order valence-corrected chi connectivity index (χ4v) is 4.12. The van der Waals surface area contributed by atoms with Crippen LogP contribution in [0.5, 0.6) is 0 Å². The number of hydrogen-bond acceptors (Lipinski definition) is 4. The monoisotopic (exact) mass is 263 g/mol. The van der Waals surface area contributed by atoms with E-state index in [0.29, 0.717) is 6.04 Å². The topological polar surface area (TPSA) is 45.6 Å². The number of nitrogens with zero attached hydrogens (tertiary/aromatic N) is 2. The van der Waals surface area contributed by atoms with Crippen molar-refractivity contribution in [2.75, 3.05) is 26.2 Å². The summed E-state index contributed by atoms with van der Waals surface area (Å²) >= 11 is 0. The Morgan fingerprint density at radius 2 is 2.42 bits per heavy atom. The SMILES string of the molecule is CCN(Cc1ccco1)C1(CN)CCN2CCCC21. The first-order valence-electron chi connectivity index (χ1n) is 7.51. The van der Waals surface area contributed by atoms with Gasteiger partial charge in [-0.15, -0.1) is 0 Å². The van der Waals surface area contributed by atoms with Crippen LogP contribution in [0.3, 0.4) is 0 Å². The molecule has 2 fully saturated rings. The van der Waals surface area contributed by atoms with Gasteiger partial charge in [0.25, 0.3) is 0 Å². The molecule has 106 valence electrons. The van der Waals surface area contributed by atoms with Crippen molar-refractivity contribution < 1.29 is 4.42 Å². The Kier molecular flexibility index (Phi) is 3.65. The second-order valence-electron chi connectivity index (χ2n) is 5.85. The average Bonchev–Trinajstić information content (AvgIpc) is 3.14. The van der Waals surface area contributed by atoms with Gasteiger partial charge in [0.15, 0.2) is 0 Å². The van der Waals surface area contributed by atoms with Crippen molar-refractivity contribution >= 4 is 0 Å². The zero-order valence-corrected chi connectivity index (χ0v) is 11.8. The highest BCUT2D eigenvalue weighted by Gasteiger charge is 2.51. The molecule has 3 heterocycles. The van der Waals surface area contributed by atoms with Crippen LogP contribution in [0, 0.1) is 0 Å². The Morgan fingerprint density at radius 3 is 3.11 bits per heavy atom. The highest BCUT2D eigenvalue weighted by Crippen LogP contribution is 2.40. The minimum atomic E-state index is 0.151. The van der Waals surface area contributed by atoms with Crippen molar-refractivity contribution in [2.24, 2.45) is 5.73 Å². The molecule has 2 saturated heterocycles. The first-order chi connectivity index (χ1) is 9.30. The van der Waals surface area contributed by atoms with Gasteiger partial charge < -0.3 is 10.2 Å². The summed E-state index contributed by atoms with van der Waals surface area (Å²) in [7, 11) is 0. The molecule has 0 aliphatic carbocycles. The van der Waals surface area contributed by atoms with Crippen molar-refractivity contribution in [2.45, 2.75) is 44.3 Å². The predicted octanol–water partition coefficient (Wildman–Crippen LogP) is 1.67. The zero-order valence-electron chi connectivity index (χ0n) is 11.8. The Hall–Kier alpha value is -0.840. The van der Waals surface area contributed by atoms with Gasteiger partial charge >= 0.3 is 0 Å². The van der Waals surface area contributed by atoms with E-state index in [1.54, 1.807) is 6.26 Å². The summed E-state index contributed by atoms with van der Waals surface area (Å²) in [6.07, 6.45) is 5.58. The van der Waals surface area contributed by atoms with Gasteiger partial charge in [0.2, 0.25) is 0 Å². The minimum absolute atomic E-state index is 0.151. The second-order valence-corrected chi connectivity index (χ2v) is 5.85. The van der Waals surface area contributed by atoms with E-state index in [4.69, 9.17) is 10.2 Å². The van der Waals surface area contributed by atoms with Crippen molar-refractivity contribution in [3.05, 3.63) is 24.2 Å². The molecule has 0 spiro atoms. The van der Waals surface area contributed by atoms with Crippen molar-refractivity contribution in [1.82, 2.24) is 9.80 Å². The van der Waals surface area contributed by atoms with Gasteiger partial charge in [0, 0.05) is 19.1 Å². The molecule has 4 nitrogen and oxygen atoms in total. The number of hydrogen-bond donors (Lipinski definition) is 1. The lowest BCUT2D eigenvalue weighted by Gasteiger charge is -2.44. The van der Waals surface area contributed by atoms with Crippen LogP contribution in [0.25, 0.3) is 0 Å². The van der Waals surface area contributed by atoms with Crippen LogP contribution in [0.2, 0.25) is 0 Å². The van der Waals surface area contributed by atoms with Crippen LogP contribution < -0.4 is 5.73 Å². The van der Waals surface area contributed by atoms with Gasteiger partial charge in [-0.1, -0.05) is 6.92 Å². The Balaban J connectivity index is 1.82. The van der Waals surface area contributed by atoms with Crippen molar-refractivity contribution in [1.29, 1.82) is 0 Å². The Labute approximate surface area is 115 Å². The number of furan rings is 1. The summed E-state index contributed by atoms with van der Waals surface area (Å²) < 4.78 is 5.53. The standard InChI is InChI=1S/C15H25N3O/c1-2-18(11-13-5-4-10-19-13)15(12-16)7-9-17-8-3-6-14(15)17/h4-5,10,14H,2-3,6-9,11-12,16H2,1H3. The third-order valence-corrected chi connectivity index (χ3v) is 5.11. The van der Waals surface area contributed by atoms with E-state index < -0.39 is 0 Å². The first kappa shape index (κ1) is 13.2. The molecular weight excluding hydrogens is 238 g/mol. The molecule has 2 N–H and O–H groups in total. The van der Waals surface area contributed by atoms with E-state index in [-0.39, 0.29) is 5.54 Å². The second kappa shape index (κ2) is 5.27. The molecule has 0 bridgehead atoms. The summed E-state index contributed by atoms with van der Waals surface area (Å²) in [5.41, 5.74) is 6.38. The zero-order chi connectivity index (χ0) is 13.3. The van der Waals surface area contributed by atoms with Crippen LogP contribution in [0.1, 0.15) is 31.9 Å². The largest absolute Gasteiger partial charge is 0.468 e. The normalized spacial score (nSPS) is 31.2. The molecule has 1 aromatic rings. The van der Waals surface area contributed by atoms with Gasteiger partial charge in [-0.2, -0.15) is 0 Å². The summed E-state index contributed by atoms with van der Waals surface area (Å²) in [6, 6.07) is 4.68. The molecule has 2 aliphatic heterocycles. The van der Waals surface area contributed by atoms with Crippen LogP contribution in [0.15, 0.2) is 22.8 Å². The quantitative estimate of drug-likeness (QED) is 0.877. The first-order valence-corrected chi connectivity index (χ1v) is 7.51. The molecule has 2 atom stereocenters. The summed E-state index contributed by atoms with van der Waals surface area (Å²) in [5, 5.41) is 0. The number of likely N-dealkylation sites (N-methyl/N-ethyl adjacent to an activating group) is 1. The molecule has 0 saturated carbocycles. The van der Waals surface area contributed by atoms with Gasteiger partial charge in [0.1, 0.15) is 5.76 Å². The highest BCUT2D eigenvalue weighted by atomic mass is 16.3. The van der Waals surface area contributed by atoms with E-state index in [0.717, 1.165) is 25.4 Å². The minimum Gasteiger partial charge on any atom is -0.468 e. The molecule has 19 heavy (non-hydrogen) atoms. The fraction of sp³-hybridized carbons (Fsp3) is 0.733. The smallest absolute Gasteiger partial charge is 0.117 e. The number of fused-ring (bicyclic) bond motifs is 1. The van der Waals surface area contributed by atoms with Gasteiger partial charge in [-0.25, -0.2) is 0 Å². The molecule has 3 rings (SSSR count). The van der Waals surface area contributed by atoms with Crippen LogP contribution >= 0.6 is 0 Å². The summed E-state index contributed by atoms with van der Waals surface area (Å²) in [5.74, 6) is 1.05. The average molecular weight is 263 g/mol. The summed E-state index contributed by atoms with van der Waals surface area (Å²) in [4.78, 5) is 5.18. The maximum atomic E-state index is 6.23. The van der Waals surface area contributed by atoms with Crippen LogP contribution in [0.4, 0.5) is 0 Å². The lowest BCUT2D eigenvalue weighted by atomic mass is 9.86. The van der Waals surface area contributed by atoms with Crippen molar-refractivity contribution in [3.8, 4) is 0 Å². The lowest BCUT2D eigenvalue weighted by molar-refractivity contribution is 0.0568. The molecular formula is C15H25N3O. The fourth-order valence-electron chi connectivity index (χ4n) is 4.12. The number of nitrogens with two attached hydrogens (primary N) is 1. The third-order valence-electron chi connectivity index (χ3n) is 5.11. The predicted molar refractivity (Wildman–Crippen MR) is 75.8 cm³/mol. The van der Waals surface area contributed by atoms with Crippen LogP contribution in [-0.2, 0) is 6.54 Å². The third kappa shape index (κ3) is 2.12. The lowest BCUT2D eigenvalue weighted by Crippen LogP contribution is -2.59. The molecule has 2 unspecified atom stereocenters. The van der Waals surface area contributed by atoms with Gasteiger partial charge in [-0.05, 0) is 44.5 Å². The molecule has 0 amide bonds. The van der Waals surface area contributed by atoms with E-state index in [2.05, 4.69) is 22.8 Å². The molecule has 4 heteroatoms. The van der Waals surface area contributed by atoms with Gasteiger partial charge in [0.05, 0.1) is 18.3 Å². The summed E-state index contributed by atoms with van der Waals surface area (Å²) in [6.45, 7) is 7.36. The van der Waals surface area contributed by atoms with Crippen molar-refractivity contribution in [3.63, 3.8) is 0 Å². The molecule has 1 aromatic heterocycles. The van der Waals surface area contributed by atoms with Gasteiger partial charge in [-0.3, -0.25) is 9.80 Å². The highest BCUT2D eigenvalue weighted by molar-refractivity contribution is 5.11. The number of rotatable bonds is 5. The maximum Gasteiger partial charge on any atom is 0.117 e. The van der Waals surface area contributed by atoms with E-state index in [1.165, 1.54) is 32.4 Å². The Bertz CT molecular complexity index is 406. The molecule has 0 radical (unpaired) electrons. The van der Waals surface area contributed by atoms with E-state index >= 15 is 0 Å². The Morgan fingerprint density at radius 1 is 1.53 bits per heavy atom. The molecule has 2 aliphatic rings. The van der Waals surface area contributed by atoms with Crippen LogP contribution in [-0.4, -0.2) is 47.6 Å².